The molecule has 9 heteroatoms. The molecule has 4 aromatic rings. The Balaban J connectivity index is 1.59. The number of ketones is 1. The summed E-state index contributed by atoms with van der Waals surface area (Å²) in [6, 6.07) is 22.3. The molecule has 0 fully saturated rings. The van der Waals surface area contributed by atoms with Crippen LogP contribution in [0, 0.1) is 5.82 Å². The van der Waals surface area contributed by atoms with Crippen molar-refractivity contribution in [3.05, 3.63) is 107 Å². The maximum Gasteiger partial charge on any atom is 0.242 e. The summed E-state index contributed by atoms with van der Waals surface area (Å²) in [5.74, 6) is 5.83. The van der Waals surface area contributed by atoms with Crippen LogP contribution in [0.3, 0.4) is 0 Å². The normalized spacial score (nSPS) is 11.7. The molecular weight excluding hydrogens is 453 g/mol. The van der Waals surface area contributed by atoms with Crippen LogP contribution in [-0.2, 0) is 11.2 Å². The molecule has 0 saturated heterocycles. The van der Waals surface area contributed by atoms with E-state index in [1.807, 2.05) is 30.3 Å². The minimum atomic E-state index is -0.699. The largest absolute Gasteiger partial charge is 0.336 e. The number of benzene rings is 3. The first-order valence-electron chi connectivity index (χ1n) is 10.5. The molecule has 34 heavy (non-hydrogen) atoms. The molecular formula is C25H22FN5O2S. The number of nitrogens with one attached hydrogen (secondary N) is 1. The quantitative estimate of drug-likeness (QED) is 0.223. The Bertz CT molecular complexity index is 1330. The molecule has 1 heterocycles. The van der Waals surface area contributed by atoms with E-state index >= 15 is 0 Å². The minimum absolute atomic E-state index is 0.0938. The average molecular weight is 476 g/mol. The molecule has 0 aliphatic carbocycles. The number of rotatable bonds is 8. The maximum absolute atomic E-state index is 14.1. The topological polar surface area (TPSA) is 103 Å². The summed E-state index contributed by atoms with van der Waals surface area (Å²) in [7, 11) is 0. The van der Waals surface area contributed by atoms with Gasteiger partial charge >= 0.3 is 0 Å². The van der Waals surface area contributed by atoms with E-state index in [-0.39, 0.29) is 23.9 Å². The van der Waals surface area contributed by atoms with Crippen molar-refractivity contribution in [3.8, 4) is 0 Å². The van der Waals surface area contributed by atoms with Crippen LogP contribution in [0.4, 0.5) is 10.1 Å². The molecule has 1 amide bonds. The van der Waals surface area contributed by atoms with Crippen molar-refractivity contribution in [3.63, 3.8) is 0 Å². The summed E-state index contributed by atoms with van der Waals surface area (Å²) in [6.07, 6.45) is 0.163. The van der Waals surface area contributed by atoms with Gasteiger partial charge in [0.1, 0.15) is 11.1 Å². The van der Waals surface area contributed by atoms with E-state index in [1.165, 1.54) is 17.7 Å². The summed E-state index contributed by atoms with van der Waals surface area (Å²) in [5, 5.41) is 10.7. The lowest BCUT2D eigenvalue weighted by molar-refractivity contribution is -0.115. The number of hydrogen-bond acceptors (Lipinski definition) is 6. The smallest absolute Gasteiger partial charge is 0.242 e. The molecule has 3 N–H and O–H groups in total. The molecule has 0 unspecified atom stereocenters. The minimum Gasteiger partial charge on any atom is -0.336 e. The zero-order valence-electron chi connectivity index (χ0n) is 18.3. The Morgan fingerprint density at radius 3 is 2.50 bits per heavy atom. The number of nitrogens with zero attached hydrogens (tertiary/aromatic N) is 3. The Hall–Kier alpha value is -3.98. The second kappa shape index (κ2) is 10.3. The van der Waals surface area contributed by atoms with Gasteiger partial charge in [-0.25, -0.2) is 9.07 Å². The molecule has 4 rings (SSSR count). The van der Waals surface area contributed by atoms with Crippen LogP contribution < -0.4 is 11.2 Å². The Morgan fingerprint density at radius 2 is 1.76 bits per heavy atom. The summed E-state index contributed by atoms with van der Waals surface area (Å²) in [6.45, 7) is 1.47. The zero-order chi connectivity index (χ0) is 24.1. The van der Waals surface area contributed by atoms with Crippen LogP contribution >= 0.6 is 11.8 Å². The lowest BCUT2D eigenvalue weighted by atomic mass is 10.1. The van der Waals surface area contributed by atoms with Gasteiger partial charge in [-0.05, 0) is 36.2 Å². The zero-order valence-corrected chi connectivity index (χ0v) is 19.1. The third kappa shape index (κ3) is 5.32. The fraction of sp³-hybridized carbons (Fsp3) is 0.120. The number of carbonyl (C=O) groups excluding carboxylic acids is 2. The average Bonchev–Trinajstić information content (AvgIpc) is 3.18. The van der Waals surface area contributed by atoms with Gasteiger partial charge in [-0.1, -0.05) is 72.4 Å². The summed E-state index contributed by atoms with van der Waals surface area (Å²) in [4.78, 5) is 25.0. The highest BCUT2D eigenvalue weighted by Gasteiger charge is 2.26. The van der Waals surface area contributed by atoms with Gasteiger partial charge < -0.3 is 11.2 Å². The van der Waals surface area contributed by atoms with E-state index in [0.717, 1.165) is 17.3 Å². The van der Waals surface area contributed by atoms with Gasteiger partial charge in [-0.15, -0.1) is 10.2 Å². The van der Waals surface area contributed by atoms with Gasteiger partial charge in [0, 0.05) is 17.7 Å². The van der Waals surface area contributed by atoms with E-state index in [9.17, 15) is 14.0 Å². The van der Waals surface area contributed by atoms with Gasteiger partial charge in [-0.3, -0.25) is 9.59 Å². The molecule has 0 saturated carbocycles. The molecule has 0 spiro atoms. The second-order valence-electron chi connectivity index (χ2n) is 7.57. The van der Waals surface area contributed by atoms with Crippen LogP contribution in [0.25, 0.3) is 0 Å². The van der Waals surface area contributed by atoms with Gasteiger partial charge in [0.2, 0.25) is 11.1 Å². The standard InChI is InChI=1S/C25H22FN5O2S/c1-16(32)18-11-7-12-20(14-18)28-24(33)23(17-8-3-2-4-9-17)34-25-30-29-22(31(25)27)15-19-10-5-6-13-21(19)26/h2-14,23H,15,27H2,1H3,(H,28,33)/t23-/m1/s1. The first-order valence-corrected chi connectivity index (χ1v) is 11.4. The van der Waals surface area contributed by atoms with Crippen molar-refractivity contribution in [2.24, 2.45) is 0 Å². The molecule has 7 nitrogen and oxygen atoms in total. The number of carbonyl (C=O) groups is 2. The first kappa shape index (κ1) is 23.2. The van der Waals surface area contributed by atoms with Crippen LogP contribution in [0.2, 0.25) is 0 Å². The van der Waals surface area contributed by atoms with Gasteiger partial charge in [0.25, 0.3) is 0 Å². The number of nitrogen functional groups attached to an aromatic ring is 1. The van der Waals surface area contributed by atoms with Crippen LogP contribution in [0.5, 0.6) is 0 Å². The van der Waals surface area contributed by atoms with E-state index in [1.54, 1.807) is 42.5 Å². The van der Waals surface area contributed by atoms with Crippen molar-refractivity contribution >= 4 is 29.1 Å². The molecule has 0 aliphatic rings. The first-order chi connectivity index (χ1) is 16.4. The second-order valence-corrected chi connectivity index (χ2v) is 8.64. The predicted molar refractivity (Wildman–Crippen MR) is 129 cm³/mol. The monoisotopic (exact) mass is 475 g/mol. The molecule has 3 aromatic carbocycles. The van der Waals surface area contributed by atoms with Crippen molar-refractivity contribution in [1.82, 2.24) is 14.9 Å². The van der Waals surface area contributed by atoms with Crippen LogP contribution in [-0.4, -0.2) is 26.6 Å². The number of Topliss-reactive ketones (excluding diaryl/α,β-unsaturated/α-hetero) is 1. The Kier molecular flexibility index (Phi) is 7.03. The summed E-state index contributed by atoms with van der Waals surface area (Å²) < 4.78 is 15.3. The highest BCUT2D eigenvalue weighted by atomic mass is 32.2. The molecule has 0 bridgehead atoms. The van der Waals surface area contributed by atoms with Crippen molar-refractivity contribution in [1.29, 1.82) is 0 Å². The molecule has 0 radical (unpaired) electrons. The third-order valence-corrected chi connectivity index (χ3v) is 6.35. The van der Waals surface area contributed by atoms with Crippen molar-refractivity contribution < 1.29 is 14.0 Å². The molecule has 172 valence electrons. The van der Waals surface area contributed by atoms with Gasteiger partial charge in [0.05, 0.1) is 0 Å². The number of anilines is 1. The van der Waals surface area contributed by atoms with Crippen molar-refractivity contribution in [2.75, 3.05) is 11.2 Å². The highest BCUT2D eigenvalue weighted by Crippen LogP contribution is 2.35. The van der Waals surface area contributed by atoms with E-state index in [4.69, 9.17) is 5.84 Å². The Morgan fingerprint density at radius 1 is 1.03 bits per heavy atom. The van der Waals surface area contributed by atoms with Gasteiger partial charge in [-0.2, -0.15) is 0 Å². The Labute approximate surface area is 200 Å². The fourth-order valence-corrected chi connectivity index (χ4v) is 4.33. The van der Waals surface area contributed by atoms with Crippen LogP contribution in [0.15, 0.2) is 84.0 Å². The lowest BCUT2D eigenvalue weighted by Crippen LogP contribution is -2.21. The van der Waals surface area contributed by atoms with Crippen molar-refractivity contribution in [2.45, 2.75) is 23.8 Å². The van der Waals surface area contributed by atoms with Gasteiger partial charge in [0.15, 0.2) is 11.6 Å². The number of aromatic nitrogens is 3. The van der Waals surface area contributed by atoms with Crippen LogP contribution in [0.1, 0.15) is 39.5 Å². The molecule has 1 atom stereocenters. The number of thioether (sulfide) groups is 1. The maximum atomic E-state index is 14.1. The fourth-order valence-electron chi connectivity index (χ4n) is 3.35. The summed E-state index contributed by atoms with van der Waals surface area (Å²) >= 11 is 1.13. The molecule has 0 aliphatic heterocycles. The third-order valence-electron chi connectivity index (χ3n) is 5.14. The lowest BCUT2D eigenvalue weighted by Gasteiger charge is -2.17. The SMILES string of the molecule is CC(=O)c1cccc(NC(=O)[C@H](Sc2nnc(Cc3ccccc3F)n2N)c2ccccc2)c1. The number of amides is 1. The number of halogens is 1. The summed E-state index contributed by atoms with van der Waals surface area (Å²) in [5.41, 5.74) is 2.20. The molecule has 1 aromatic heterocycles. The number of hydrogen-bond donors (Lipinski definition) is 2. The van der Waals surface area contributed by atoms with E-state index < -0.39 is 5.25 Å². The van der Waals surface area contributed by atoms with E-state index in [0.29, 0.717) is 27.8 Å². The predicted octanol–water partition coefficient (Wildman–Crippen LogP) is 4.40. The number of nitrogens with two attached hydrogens (primary N) is 1. The highest BCUT2D eigenvalue weighted by molar-refractivity contribution is 8.00. The van der Waals surface area contributed by atoms with E-state index in [2.05, 4.69) is 15.5 Å².